The van der Waals surface area contributed by atoms with Gasteiger partial charge in [-0.25, -0.2) is 9.36 Å². The molecule has 0 atom stereocenters. The third-order valence-electron chi connectivity index (χ3n) is 2.36. The second kappa shape index (κ2) is 2.83. The first kappa shape index (κ1) is 8.74. The molecule has 0 saturated heterocycles. The number of aromatic nitrogens is 2. The van der Waals surface area contributed by atoms with Crippen LogP contribution in [0.1, 0.15) is 0 Å². The molecule has 1 aromatic heterocycles. The zero-order valence-electron chi connectivity index (χ0n) is 7.34. The molecular weight excluding hydrogens is 186 g/mol. The molecule has 2 heterocycles. The molecule has 0 aromatic carbocycles. The number of nitrogens with two attached hydrogens (primary N) is 1. The molecule has 0 fully saturated rings. The van der Waals surface area contributed by atoms with Gasteiger partial charge >= 0.3 is 0 Å². The summed E-state index contributed by atoms with van der Waals surface area (Å²) in [7, 11) is 0. The SMILES string of the molecule is NC(=O)C1Cn2c(=O)ccc(=O)n2C1. The minimum Gasteiger partial charge on any atom is -0.369 e. The van der Waals surface area contributed by atoms with E-state index < -0.39 is 11.8 Å². The van der Waals surface area contributed by atoms with Crippen LogP contribution in [-0.2, 0) is 17.9 Å². The third-order valence-corrected chi connectivity index (χ3v) is 2.36. The molecule has 0 bridgehead atoms. The van der Waals surface area contributed by atoms with Crippen molar-refractivity contribution < 1.29 is 4.79 Å². The van der Waals surface area contributed by atoms with Crippen LogP contribution in [0.4, 0.5) is 0 Å². The van der Waals surface area contributed by atoms with E-state index in [9.17, 15) is 14.4 Å². The third kappa shape index (κ3) is 1.15. The summed E-state index contributed by atoms with van der Waals surface area (Å²) in [5, 5.41) is 0. The van der Waals surface area contributed by atoms with E-state index in [1.165, 1.54) is 21.5 Å². The predicted octanol–water partition coefficient (Wildman–Crippen LogP) is -1.87. The van der Waals surface area contributed by atoms with Gasteiger partial charge in [-0.1, -0.05) is 0 Å². The van der Waals surface area contributed by atoms with Crippen LogP contribution in [0.2, 0.25) is 0 Å². The van der Waals surface area contributed by atoms with E-state index in [1.807, 2.05) is 0 Å². The summed E-state index contributed by atoms with van der Waals surface area (Å²) < 4.78 is 2.50. The van der Waals surface area contributed by atoms with Crippen LogP contribution < -0.4 is 16.9 Å². The number of hydrogen-bond donors (Lipinski definition) is 1. The van der Waals surface area contributed by atoms with Crippen molar-refractivity contribution in [1.29, 1.82) is 0 Å². The zero-order chi connectivity index (χ0) is 10.3. The lowest BCUT2D eigenvalue weighted by atomic mass is 10.1. The second-order valence-corrected chi connectivity index (χ2v) is 3.27. The molecule has 0 aliphatic carbocycles. The first-order valence-electron chi connectivity index (χ1n) is 4.20. The molecule has 0 unspecified atom stereocenters. The van der Waals surface area contributed by atoms with Crippen LogP contribution in [0.15, 0.2) is 21.7 Å². The Labute approximate surface area is 78.5 Å². The van der Waals surface area contributed by atoms with Crippen molar-refractivity contribution >= 4 is 5.91 Å². The number of fused-ring (bicyclic) bond motifs is 1. The molecule has 1 aliphatic rings. The van der Waals surface area contributed by atoms with Crippen molar-refractivity contribution in [2.75, 3.05) is 0 Å². The minimum atomic E-state index is -0.486. The van der Waals surface area contributed by atoms with Crippen LogP contribution in [0.5, 0.6) is 0 Å². The van der Waals surface area contributed by atoms with Gasteiger partial charge in [-0.2, -0.15) is 0 Å². The van der Waals surface area contributed by atoms with Crippen molar-refractivity contribution in [2.24, 2.45) is 11.7 Å². The molecule has 1 aromatic rings. The fourth-order valence-electron chi connectivity index (χ4n) is 1.58. The van der Waals surface area contributed by atoms with Crippen molar-refractivity contribution in [1.82, 2.24) is 9.36 Å². The quantitative estimate of drug-likeness (QED) is 0.569. The molecule has 0 saturated carbocycles. The number of hydrogen-bond acceptors (Lipinski definition) is 3. The van der Waals surface area contributed by atoms with E-state index >= 15 is 0 Å². The molecule has 1 aliphatic heterocycles. The Morgan fingerprint density at radius 3 is 2.00 bits per heavy atom. The molecule has 14 heavy (non-hydrogen) atoms. The first-order chi connectivity index (χ1) is 6.59. The molecule has 2 rings (SSSR count). The topological polar surface area (TPSA) is 87.1 Å². The predicted molar refractivity (Wildman–Crippen MR) is 47.6 cm³/mol. The number of carbonyl (C=O) groups is 1. The lowest BCUT2D eigenvalue weighted by Crippen LogP contribution is -2.32. The maximum absolute atomic E-state index is 11.3. The highest BCUT2D eigenvalue weighted by atomic mass is 16.2. The maximum Gasteiger partial charge on any atom is 0.265 e. The summed E-state index contributed by atoms with van der Waals surface area (Å²) in [5.74, 6) is -0.942. The highest BCUT2D eigenvalue weighted by Gasteiger charge is 2.26. The van der Waals surface area contributed by atoms with Gasteiger partial charge in [-0.15, -0.1) is 0 Å². The fourth-order valence-corrected chi connectivity index (χ4v) is 1.58. The molecule has 2 N–H and O–H groups in total. The molecule has 6 heteroatoms. The van der Waals surface area contributed by atoms with Crippen LogP contribution >= 0.6 is 0 Å². The summed E-state index contributed by atoms with van der Waals surface area (Å²) in [6, 6.07) is 2.39. The first-order valence-corrected chi connectivity index (χ1v) is 4.20. The fraction of sp³-hybridized carbons (Fsp3) is 0.375. The minimum absolute atomic E-state index is 0.199. The Morgan fingerprint density at radius 2 is 1.64 bits per heavy atom. The van der Waals surface area contributed by atoms with E-state index in [-0.39, 0.29) is 24.2 Å². The van der Waals surface area contributed by atoms with Gasteiger partial charge in [-0.3, -0.25) is 14.4 Å². The van der Waals surface area contributed by atoms with Gasteiger partial charge in [0.05, 0.1) is 19.0 Å². The second-order valence-electron chi connectivity index (χ2n) is 3.27. The molecule has 74 valence electrons. The number of nitrogens with zero attached hydrogens (tertiary/aromatic N) is 2. The van der Waals surface area contributed by atoms with E-state index in [0.29, 0.717) is 0 Å². The highest BCUT2D eigenvalue weighted by Crippen LogP contribution is 2.08. The molecular formula is C8H9N3O3. The van der Waals surface area contributed by atoms with Crippen molar-refractivity contribution in [3.63, 3.8) is 0 Å². The smallest absolute Gasteiger partial charge is 0.265 e. The van der Waals surface area contributed by atoms with Gasteiger partial charge in [0.2, 0.25) is 5.91 Å². The number of primary amides is 1. The summed E-state index contributed by atoms with van der Waals surface area (Å²) in [4.78, 5) is 33.4. The normalized spacial score (nSPS) is 15.4. The van der Waals surface area contributed by atoms with Crippen LogP contribution in [0.25, 0.3) is 0 Å². The Hall–Kier alpha value is -1.85. The van der Waals surface area contributed by atoms with Crippen LogP contribution in [0, 0.1) is 5.92 Å². The van der Waals surface area contributed by atoms with Crippen molar-refractivity contribution in [3.8, 4) is 0 Å². The summed E-state index contributed by atoms with van der Waals surface area (Å²) in [6.07, 6.45) is 0. The van der Waals surface area contributed by atoms with Crippen LogP contribution in [-0.4, -0.2) is 15.3 Å². The number of amides is 1. The van der Waals surface area contributed by atoms with Gasteiger partial charge in [0.1, 0.15) is 0 Å². The Kier molecular flexibility index (Phi) is 1.77. The highest BCUT2D eigenvalue weighted by molar-refractivity contribution is 5.76. The number of carbonyl (C=O) groups excluding carboxylic acids is 1. The molecule has 0 radical (unpaired) electrons. The van der Waals surface area contributed by atoms with E-state index in [4.69, 9.17) is 5.73 Å². The average molecular weight is 195 g/mol. The molecule has 0 spiro atoms. The lowest BCUT2D eigenvalue weighted by Gasteiger charge is -2.01. The lowest BCUT2D eigenvalue weighted by molar-refractivity contribution is -0.121. The Bertz CT molecular complexity index is 460. The van der Waals surface area contributed by atoms with E-state index in [0.717, 1.165) is 0 Å². The van der Waals surface area contributed by atoms with Gasteiger partial charge in [-0.05, 0) is 0 Å². The van der Waals surface area contributed by atoms with E-state index in [1.54, 1.807) is 0 Å². The van der Waals surface area contributed by atoms with Crippen LogP contribution in [0.3, 0.4) is 0 Å². The monoisotopic (exact) mass is 195 g/mol. The zero-order valence-corrected chi connectivity index (χ0v) is 7.34. The van der Waals surface area contributed by atoms with Crippen molar-refractivity contribution in [3.05, 3.63) is 32.8 Å². The largest absolute Gasteiger partial charge is 0.369 e. The van der Waals surface area contributed by atoms with Gasteiger partial charge in [0.15, 0.2) is 0 Å². The van der Waals surface area contributed by atoms with Gasteiger partial charge < -0.3 is 5.73 Å². The molecule has 1 amide bonds. The summed E-state index contributed by atoms with van der Waals surface area (Å²) in [6.45, 7) is 0.397. The Balaban J connectivity index is 2.54. The standard InChI is InChI=1S/C8H9N3O3/c9-8(14)5-3-10-6(12)1-2-7(13)11(10)4-5/h1-2,5H,3-4H2,(H2,9,14). The van der Waals surface area contributed by atoms with Crippen molar-refractivity contribution in [2.45, 2.75) is 13.1 Å². The molecule has 6 nitrogen and oxygen atoms in total. The Morgan fingerprint density at radius 1 is 1.21 bits per heavy atom. The van der Waals surface area contributed by atoms with Gasteiger partial charge in [0, 0.05) is 12.1 Å². The summed E-state index contributed by atoms with van der Waals surface area (Å²) >= 11 is 0. The van der Waals surface area contributed by atoms with E-state index in [2.05, 4.69) is 0 Å². The number of rotatable bonds is 1. The maximum atomic E-state index is 11.3. The van der Waals surface area contributed by atoms with Gasteiger partial charge in [0.25, 0.3) is 11.1 Å². The average Bonchev–Trinajstić information content (AvgIpc) is 2.57. The summed E-state index contributed by atoms with van der Waals surface area (Å²) in [5.41, 5.74) is 4.54.